The van der Waals surface area contributed by atoms with Crippen LogP contribution in [0, 0.1) is 5.82 Å². The molecule has 0 N–H and O–H groups in total. The molecule has 0 aliphatic carbocycles. The second-order valence-electron chi connectivity index (χ2n) is 6.18. The summed E-state index contributed by atoms with van der Waals surface area (Å²) in [6, 6.07) is 4.18. The molecule has 4 nitrogen and oxygen atoms in total. The lowest BCUT2D eigenvalue weighted by Crippen LogP contribution is -2.36. The summed E-state index contributed by atoms with van der Waals surface area (Å²) in [5.74, 6) is 0.802. The van der Waals surface area contributed by atoms with Gasteiger partial charge in [-0.15, -0.1) is 0 Å². The Morgan fingerprint density at radius 3 is 2.83 bits per heavy atom. The Hall–Kier alpha value is -1.69. The van der Waals surface area contributed by atoms with Gasteiger partial charge in [-0.2, -0.15) is 0 Å². The van der Waals surface area contributed by atoms with E-state index in [1.807, 2.05) is 7.05 Å². The number of benzene rings is 1. The molecule has 1 aromatic heterocycles. The molecule has 0 unspecified atom stereocenters. The van der Waals surface area contributed by atoms with Gasteiger partial charge in [-0.3, -0.25) is 4.79 Å². The Kier molecular flexibility index (Phi) is 4.27. The summed E-state index contributed by atoms with van der Waals surface area (Å²) < 4.78 is 16.2. The minimum absolute atomic E-state index is 0.168. The molecular formula is C17H19BrFN3O. The normalized spacial score (nSPS) is 14.3. The number of halogens is 2. The predicted octanol–water partition coefficient (Wildman–Crippen LogP) is 3.64. The van der Waals surface area contributed by atoms with E-state index in [0.29, 0.717) is 29.0 Å². The largest absolute Gasteiger partial charge is 0.334 e. The van der Waals surface area contributed by atoms with Gasteiger partial charge < -0.3 is 9.47 Å². The van der Waals surface area contributed by atoms with Crippen LogP contribution in [0.1, 0.15) is 47.3 Å². The van der Waals surface area contributed by atoms with Crippen molar-refractivity contribution >= 4 is 21.8 Å². The summed E-state index contributed by atoms with van der Waals surface area (Å²) in [6.45, 7) is 5.31. The smallest absolute Gasteiger partial charge is 0.255 e. The van der Waals surface area contributed by atoms with Crippen molar-refractivity contribution in [3.63, 3.8) is 0 Å². The summed E-state index contributed by atoms with van der Waals surface area (Å²) in [6.07, 6.45) is 0.768. The van der Waals surface area contributed by atoms with Crippen molar-refractivity contribution in [1.82, 2.24) is 14.5 Å². The van der Waals surface area contributed by atoms with Crippen molar-refractivity contribution in [2.45, 2.75) is 32.7 Å². The fraction of sp³-hybridized carbons (Fsp3) is 0.412. The number of amides is 1. The number of carbonyl (C=O) groups is 1. The van der Waals surface area contributed by atoms with Gasteiger partial charge in [0.1, 0.15) is 11.6 Å². The second-order valence-corrected chi connectivity index (χ2v) is 7.03. The molecule has 0 fully saturated rings. The maximum Gasteiger partial charge on any atom is 0.255 e. The molecule has 0 saturated heterocycles. The van der Waals surface area contributed by atoms with E-state index in [4.69, 9.17) is 4.98 Å². The van der Waals surface area contributed by atoms with Crippen molar-refractivity contribution in [2.75, 3.05) is 6.54 Å². The van der Waals surface area contributed by atoms with Crippen molar-refractivity contribution in [2.24, 2.45) is 7.05 Å². The molecule has 2 heterocycles. The molecule has 1 aromatic carbocycles. The number of carbonyl (C=O) groups excluding carboxylic acids is 1. The van der Waals surface area contributed by atoms with Gasteiger partial charge in [0.05, 0.1) is 17.8 Å². The molecule has 0 atom stereocenters. The average molecular weight is 380 g/mol. The molecule has 3 rings (SSSR count). The Morgan fingerprint density at radius 1 is 1.39 bits per heavy atom. The number of hydrogen-bond acceptors (Lipinski definition) is 2. The molecule has 1 amide bonds. The first-order valence-corrected chi connectivity index (χ1v) is 8.46. The summed E-state index contributed by atoms with van der Waals surface area (Å²) >= 11 is 3.33. The Morgan fingerprint density at radius 2 is 2.13 bits per heavy atom. The molecule has 0 saturated carbocycles. The zero-order valence-electron chi connectivity index (χ0n) is 13.4. The summed E-state index contributed by atoms with van der Waals surface area (Å²) in [7, 11) is 2.03. The van der Waals surface area contributed by atoms with Crippen LogP contribution >= 0.6 is 15.9 Å². The molecule has 1 aliphatic rings. The van der Waals surface area contributed by atoms with Crippen LogP contribution in [-0.4, -0.2) is 26.9 Å². The second kappa shape index (κ2) is 6.07. The molecular weight excluding hydrogens is 361 g/mol. The van der Waals surface area contributed by atoms with E-state index in [1.54, 1.807) is 11.0 Å². The highest BCUT2D eigenvalue weighted by molar-refractivity contribution is 9.10. The number of hydrogen-bond donors (Lipinski definition) is 0. The van der Waals surface area contributed by atoms with Gasteiger partial charge in [-0.1, -0.05) is 13.8 Å². The van der Waals surface area contributed by atoms with Gasteiger partial charge in [-0.25, -0.2) is 9.37 Å². The minimum atomic E-state index is -0.408. The monoisotopic (exact) mass is 379 g/mol. The number of nitrogens with zero attached hydrogens (tertiary/aromatic N) is 3. The fourth-order valence-electron chi connectivity index (χ4n) is 3.07. The molecule has 0 bridgehead atoms. The van der Waals surface area contributed by atoms with Crippen molar-refractivity contribution < 1.29 is 9.18 Å². The number of rotatable bonds is 2. The molecule has 23 heavy (non-hydrogen) atoms. The summed E-state index contributed by atoms with van der Waals surface area (Å²) in [5, 5.41) is 0. The third kappa shape index (κ3) is 2.92. The van der Waals surface area contributed by atoms with Gasteiger partial charge in [0.15, 0.2) is 0 Å². The Bertz CT molecular complexity index is 769. The average Bonchev–Trinajstić information content (AvgIpc) is 2.86. The quantitative estimate of drug-likeness (QED) is 0.798. The standard InChI is InChI=1S/C17H19BrFN3O/c1-10(2)16-20-14-9-22(7-6-15(14)21(16)3)17(23)12-8-11(19)4-5-13(12)18/h4-5,8,10H,6-7,9H2,1-3H3. The van der Waals surface area contributed by atoms with E-state index in [9.17, 15) is 9.18 Å². The van der Waals surface area contributed by atoms with Gasteiger partial charge in [-0.05, 0) is 34.1 Å². The molecule has 0 radical (unpaired) electrons. The first-order chi connectivity index (χ1) is 10.9. The third-order valence-electron chi connectivity index (χ3n) is 4.25. The van der Waals surface area contributed by atoms with E-state index >= 15 is 0 Å². The van der Waals surface area contributed by atoms with Crippen LogP contribution in [0.25, 0.3) is 0 Å². The topological polar surface area (TPSA) is 38.1 Å². The third-order valence-corrected chi connectivity index (χ3v) is 4.94. The van der Waals surface area contributed by atoms with Crippen molar-refractivity contribution in [3.8, 4) is 0 Å². The Labute approximate surface area is 143 Å². The van der Waals surface area contributed by atoms with Crippen LogP contribution in [0.4, 0.5) is 4.39 Å². The fourth-order valence-corrected chi connectivity index (χ4v) is 3.49. The number of imidazole rings is 1. The van der Waals surface area contributed by atoms with E-state index < -0.39 is 5.82 Å². The van der Waals surface area contributed by atoms with Crippen molar-refractivity contribution in [3.05, 3.63) is 51.3 Å². The van der Waals surface area contributed by atoms with Crippen LogP contribution in [-0.2, 0) is 20.0 Å². The predicted molar refractivity (Wildman–Crippen MR) is 89.8 cm³/mol. The van der Waals surface area contributed by atoms with E-state index in [1.165, 1.54) is 17.8 Å². The molecule has 2 aromatic rings. The van der Waals surface area contributed by atoms with Gasteiger partial charge in [0.25, 0.3) is 5.91 Å². The number of fused-ring (bicyclic) bond motifs is 1. The molecule has 6 heteroatoms. The van der Waals surface area contributed by atoms with Gasteiger partial charge in [0, 0.05) is 36.1 Å². The lowest BCUT2D eigenvalue weighted by molar-refractivity contribution is 0.0729. The number of aromatic nitrogens is 2. The van der Waals surface area contributed by atoms with Crippen LogP contribution in [0.2, 0.25) is 0 Å². The van der Waals surface area contributed by atoms with Crippen LogP contribution in [0.5, 0.6) is 0 Å². The molecule has 122 valence electrons. The molecule has 1 aliphatic heterocycles. The lowest BCUT2D eigenvalue weighted by Gasteiger charge is -2.27. The van der Waals surface area contributed by atoms with Gasteiger partial charge >= 0.3 is 0 Å². The van der Waals surface area contributed by atoms with Gasteiger partial charge in [0.2, 0.25) is 0 Å². The maximum absolute atomic E-state index is 13.5. The first-order valence-electron chi connectivity index (χ1n) is 7.67. The Balaban J connectivity index is 1.88. The highest BCUT2D eigenvalue weighted by Crippen LogP contribution is 2.26. The summed E-state index contributed by atoms with van der Waals surface area (Å²) in [4.78, 5) is 19.1. The lowest BCUT2D eigenvalue weighted by atomic mass is 10.1. The summed E-state index contributed by atoms with van der Waals surface area (Å²) in [5.41, 5.74) is 2.49. The first kappa shape index (κ1) is 16.2. The zero-order valence-corrected chi connectivity index (χ0v) is 15.0. The van der Waals surface area contributed by atoms with Crippen LogP contribution in [0.15, 0.2) is 22.7 Å². The highest BCUT2D eigenvalue weighted by atomic mass is 79.9. The van der Waals surface area contributed by atoms with Crippen LogP contribution < -0.4 is 0 Å². The highest BCUT2D eigenvalue weighted by Gasteiger charge is 2.27. The van der Waals surface area contributed by atoms with E-state index in [2.05, 4.69) is 34.3 Å². The SMILES string of the molecule is CC(C)c1nc2c(n1C)CCN(C(=O)c1cc(F)ccc1Br)C2. The van der Waals surface area contributed by atoms with E-state index in [-0.39, 0.29) is 5.91 Å². The van der Waals surface area contributed by atoms with E-state index in [0.717, 1.165) is 17.9 Å². The zero-order chi connectivity index (χ0) is 16.7. The van der Waals surface area contributed by atoms with Crippen LogP contribution in [0.3, 0.4) is 0 Å². The van der Waals surface area contributed by atoms with Crippen molar-refractivity contribution in [1.29, 1.82) is 0 Å². The maximum atomic E-state index is 13.5. The minimum Gasteiger partial charge on any atom is -0.334 e. The molecule has 0 spiro atoms.